The summed E-state index contributed by atoms with van der Waals surface area (Å²) in [5.41, 5.74) is 6.94. The molecular formula is C17H27N3O2. The van der Waals surface area contributed by atoms with E-state index >= 15 is 0 Å². The second-order valence-corrected chi connectivity index (χ2v) is 6.47. The van der Waals surface area contributed by atoms with Crippen molar-refractivity contribution in [3.05, 3.63) is 35.9 Å². The quantitative estimate of drug-likeness (QED) is 0.815. The lowest BCUT2D eigenvalue weighted by atomic mass is 10.1. The summed E-state index contributed by atoms with van der Waals surface area (Å²) in [5.74, 6) is -0.0867. The van der Waals surface area contributed by atoms with E-state index in [1.807, 2.05) is 30.3 Å². The fraction of sp³-hybridized carbons (Fsp3) is 0.588. The maximum Gasteiger partial charge on any atom is 0.237 e. The molecular weight excluding hydrogens is 278 g/mol. The van der Waals surface area contributed by atoms with Crippen LogP contribution in [0.25, 0.3) is 0 Å². The Labute approximate surface area is 132 Å². The number of carbonyl (C=O) groups is 1. The smallest absolute Gasteiger partial charge is 0.237 e. The van der Waals surface area contributed by atoms with Gasteiger partial charge in [-0.1, -0.05) is 30.3 Å². The number of carbonyl (C=O) groups excluding carboxylic acids is 1. The zero-order valence-corrected chi connectivity index (χ0v) is 13.5. The van der Waals surface area contributed by atoms with Crippen molar-refractivity contribution in [2.45, 2.75) is 31.9 Å². The summed E-state index contributed by atoms with van der Waals surface area (Å²) in [6.07, 6.45) is 0.567. The molecule has 1 aromatic rings. The Morgan fingerprint density at radius 3 is 2.82 bits per heavy atom. The fourth-order valence-electron chi connectivity index (χ4n) is 2.73. The minimum absolute atomic E-state index is 0.0867. The average molecular weight is 305 g/mol. The van der Waals surface area contributed by atoms with E-state index in [1.54, 1.807) is 0 Å². The van der Waals surface area contributed by atoms with Crippen LogP contribution >= 0.6 is 0 Å². The van der Waals surface area contributed by atoms with Crippen LogP contribution in [0.3, 0.4) is 0 Å². The van der Waals surface area contributed by atoms with Crippen molar-refractivity contribution in [3.63, 3.8) is 0 Å². The van der Waals surface area contributed by atoms with Crippen molar-refractivity contribution in [1.29, 1.82) is 0 Å². The molecule has 5 heteroatoms. The first kappa shape index (κ1) is 16.9. The Morgan fingerprint density at radius 1 is 1.41 bits per heavy atom. The van der Waals surface area contributed by atoms with Crippen LogP contribution in [-0.4, -0.2) is 55.2 Å². The number of hydrogen-bond donors (Lipinski definition) is 2. The fourth-order valence-corrected chi connectivity index (χ4v) is 2.73. The summed E-state index contributed by atoms with van der Waals surface area (Å²) >= 11 is 0. The number of ether oxygens (including phenoxy) is 1. The van der Waals surface area contributed by atoms with Gasteiger partial charge in [-0.2, -0.15) is 0 Å². The van der Waals surface area contributed by atoms with Crippen LogP contribution in [0.4, 0.5) is 0 Å². The van der Waals surface area contributed by atoms with Crippen LogP contribution in [0.5, 0.6) is 0 Å². The van der Waals surface area contributed by atoms with Crippen molar-refractivity contribution >= 4 is 5.91 Å². The summed E-state index contributed by atoms with van der Waals surface area (Å²) < 4.78 is 5.68. The van der Waals surface area contributed by atoms with E-state index in [0.29, 0.717) is 13.0 Å². The molecule has 0 bridgehead atoms. The van der Waals surface area contributed by atoms with E-state index in [0.717, 1.165) is 31.8 Å². The molecule has 5 nitrogen and oxygen atoms in total. The predicted molar refractivity (Wildman–Crippen MR) is 87.6 cm³/mol. The Morgan fingerprint density at radius 2 is 2.14 bits per heavy atom. The predicted octanol–water partition coefficient (Wildman–Crippen LogP) is 0.783. The number of morpholine rings is 1. The Bertz CT molecular complexity index is 476. The van der Waals surface area contributed by atoms with E-state index in [1.165, 1.54) is 0 Å². The highest BCUT2D eigenvalue weighted by atomic mass is 16.5. The summed E-state index contributed by atoms with van der Waals surface area (Å²) in [7, 11) is 0. The van der Waals surface area contributed by atoms with Gasteiger partial charge in [-0.15, -0.1) is 0 Å². The third kappa shape index (κ3) is 5.40. The lowest BCUT2D eigenvalue weighted by molar-refractivity contribution is -0.122. The Balaban J connectivity index is 1.69. The molecule has 1 amide bonds. The van der Waals surface area contributed by atoms with Crippen molar-refractivity contribution in [1.82, 2.24) is 10.2 Å². The number of nitrogens with one attached hydrogen (secondary N) is 1. The maximum absolute atomic E-state index is 12.0. The maximum atomic E-state index is 12.0. The highest BCUT2D eigenvalue weighted by Crippen LogP contribution is 2.15. The van der Waals surface area contributed by atoms with Gasteiger partial charge in [0.05, 0.1) is 18.2 Å². The second kappa shape index (κ2) is 7.72. The van der Waals surface area contributed by atoms with E-state index in [9.17, 15) is 4.79 Å². The van der Waals surface area contributed by atoms with Gasteiger partial charge in [0.25, 0.3) is 0 Å². The molecule has 0 aliphatic carbocycles. The summed E-state index contributed by atoms with van der Waals surface area (Å²) in [5, 5.41) is 2.93. The molecule has 122 valence electrons. The van der Waals surface area contributed by atoms with Crippen molar-refractivity contribution in [3.8, 4) is 0 Å². The zero-order valence-electron chi connectivity index (χ0n) is 13.5. The highest BCUT2D eigenvalue weighted by Gasteiger charge is 2.26. The number of rotatable bonds is 6. The van der Waals surface area contributed by atoms with Crippen LogP contribution < -0.4 is 11.1 Å². The molecule has 22 heavy (non-hydrogen) atoms. The molecule has 1 saturated heterocycles. The molecule has 1 atom stereocenters. The van der Waals surface area contributed by atoms with Gasteiger partial charge in [0, 0.05) is 26.2 Å². The molecule has 2 rings (SSSR count). The first-order chi connectivity index (χ1) is 10.5. The van der Waals surface area contributed by atoms with Crippen molar-refractivity contribution < 1.29 is 9.53 Å². The number of benzene rings is 1. The van der Waals surface area contributed by atoms with Gasteiger partial charge in [-0.05, 0) is 25.8 Å². The Hall–Kier alpha value is -1.43. The molecule has 1 heterocycles. The molecule has 1 unspecified atom stereocenters. The van der Waals surface area contributed by atoms with Crippen molar-refractivity contribution in [2.24, 2.45) is 5.73 Å². The first-order valence-corrected chi connectivity index (χ1v) is 7.90. The SMILES string of the molecule is CC1(C)CN(CCNC(=O)C(N)Cc2ccccc2)CCO1. The third-order valence-electron chi connectivity index (χ3n) is 3.87. The van der Waals surface area contributed by atoms with Crippen LogP contribution in [-0.2, 0) is 16.0 Å². The van der Waals surface area contributed by atoms with Crippen LogP contribution in [0.2, 0.25) is 0 Å². The van der Waals surface area contributed by atoms with Gasteiger partial charge >= 0.3 is 0 Å². The Kier molecular flexibility index (Phi) is 5.94. The number of nitrogens with two attached hydrogens (primary N) is 1. The normalized spacial score (nSPS) is 19.6. The molecule has 3 N–H and O–H groups in total. The van der Waals surface area contributed by atoms with Gasteiger partial charge in [0.1, 0.15) is 0 Å². The summed E-state index contributed by atoms with van der Waals surface area (Å²) in [4.78, 5) is 14.3. The van der Waals surface area contributed by atoms with Gasteiger partial charge in [0.15, 0.2) is 0 Å². The number of hydrogen-bond acceptors (Lipinski definition) is 4. The van der Waals surface area contributed by atoms with E-state index in [2.05, 4.69) is 24.1 Å². The van der Waals surface area contributed by atoms with Crippen molar-refractivity contribution in [2.75, 3.05) is 32.8 Å². The molecule has 1 aromatic carbocycles. The van der Waals surface area contributed by atoms with Crippen LogP contribution in [0.1, 0.15) is 19.4 Å². The van der Waals surface area contributed by atoms with Gasteiger partial charge < -0.3 is 15.8 Å². The monoisotopic (exact) mass is 305 g/mol. The van der Waals surface area contributed by atoms with Gasteiger partial charge in [-0.25, -0.2) is 0 Å². The minimum atomic E-state index is -0.497. The molecule has 1 fully saturated rings. The lowest BCUT2D eigenvalue weighted by Gasteiger charge is -2.38. The topological polar surface area (TPSA) is 67.6 Å². The molecule has 0 saturated carbocycles. The van der Waals surface area contributed by atoms with E-state index in [4.69, 9.17) is 10.5 Å². The van der Waals surface area contributed by atoms with E-state index < -0.39 is 6.04 Å². The zero-order chi connectivity index (χ0) is 16.0. The third-order valence-corrected chi connectivity index (χ3v) is 3.87. The number of nitrogens with zero attached hydrogens (tertiary/aromatic N) is 1. The molecule has 0 radical (unpaired) electrons. The first-order valence-electron chi connectivity index (χ1n) is 7.90. The number of amides is 1. The van der Waals surface area contributed by atoms with Gasteiger partial charge in [-0.3, -0.25) is 9.69 Å². The molecule has 1 aliphatic rings. The summed E-state index contributed by atoms with van der Waals surface area (Å²) in [6, 6.07) is 9.36. The molecule has 1 aliphatic heterocycles. The minimum Gasteiger partial charge on any atom is -0.373 e. The summed E-state index contributed by atoms with van der Waals surface area (Å²) in [6.45, 7) is 8.18. The standard InChI is InChI=1S/C17H27N3O2/c1-17(2)13-20(10-11-22-17)9-8-19-16(21)15(18)12-14-6-4-3-5-7-14/h3-7,15H,8-13,18H2,1-2H3,(H,19,21). The van der Waals surface area contributed by atoms with Crippen LogP contribution in [0.15, 0.2) is 30.3 Å². The molecule has 0 spiro atoms. The highest BCUT2D eigenvalue weighted by molar-refractivity contribution is 5.81. The van der Waals surface area contributed by atoms with E-state index in [-0.39, 0.29) is 11.5 Å². The van der Waals surface area contributed by atoms with Gasteiger partial charge in [0.2, 0.25) is 5.91 Å². The van der Waals surface area contributed by atoms with Crippen LogP contribution in [0, 0.1) is 0 Å². The average Bonchev–Trinajstić information content (AvgIpc) is 2.47. The molecule has 0 aromatic heterocycles. The second-order valence-electron chi connectivity index (χ2n) is 6.47. The largest absolute Gasteiger partial charge is 0.373 e. The lowest BCUT2D eigenvalue weighted by Crippen LogP contribution is -2.51.